The van der Waals surface area contributed by atoms with Crippen molar-refractivity contribution in [2.45, 2.75) is 19.8 Å². The van der Waals surface area contributed by atoms with E-state index in [1.807, 2.05) is 36.4 Å². The average Bonchev–Trinajstić information content (AvgIpc) is 3.12. The highest BCUT2D eigenvalue weighted by Gasteiger charge is 2.19. The number of anilines is 1. The molecule has 3 rings (SSSR count). The predicted molar refractivity (Wildman–Crippen MR) is 94.8 cm³/mol. The van der Waals surface area contributed by atoms with E-state index < -0.39 is 5.91 Å². The molecule has 0 aliphatic heterocycles. The summed E-state index contributed by atoms with van der Waals surface area (Å²) in [6, 6.07) is 14.9. The summed E-state index contributed by atoms with van der Waals surface area (Å²) in [4.78, 5) is 12.4. The number of carbonyl (C=O) groups excluding carboxylic acids is 1. The minimum absolute atomic E-state index is 0.0977. The first kappa shape index (κ1) is 16.7. The van der Waals surface area contributed by atoms with E-state index in [1.165, 1.54) is 0 Å². The zero-order valence-corrected chi connectivity index (χ0v) is 14.3. The molecule has 0 spiro atoms. The van der Waals surface area contributed by atoms with Crippen LogP contribution in [0.15, 0.2) is 52.9 Å². The van der Waals surface area contributed by atoms with Crippen LogP contribution in [0.25, 0.3) is 11.5 Å². The van der Waals surface area contributed by atoms with Crippen molar-refractivity contribution in [1.82, 2.24) is 10.2 Å². The van der Waals surface area contributed by atoms with Crippen molar-refractivity contribution in [1.29, 1.82) is 0 Å². The van der Waals surface area contributed by atoms with Crippen molar-refractivity contribution in [3.05, 3.63) is 60.0 Å². The predicted octanol–water partition coefficient (Wildman–Crippen LogP) is 4.12. The molecule has 0 saturated heterocycles. The highest BCUT2D eigenvalue weighted by molar-refractivity contribution is 6.01. The van der Waals surface area contributed by atoms with Crippen LogP contribution in [0.4, 0.5) is 5.69 Å². The first-order chi connectivity index (χ1) is 12.1. The summed E-state index contributed by atoms with van der Waals surface area (Å²) in [5.74, 6) is 0.576. The Kier molecular flexibility index (Phi) is 4.79. The second-order valence-corrected chi connectivity index (χ2v) is 5.81. The van der Waals surface area contributed by atoms with Crippen LogP contribution in [0.2, 0.25) is 0 Å². The van der Waals surface area contributed by atoms with E-state index in [9.17, 15) is 4.79 Å². The van der Waals surface area contributed by atoms with Gasteiger partial charge in [0.2, 0.25) is 0 Å². The minimum Gasteiger partial charge on any atom is -0.496 e. The molecule has 0 saturated carbocycles. The number of carbonyl (C=O) groups is 1. The molecule has 0 atom stereocenters. The number of nitrogens with one attached hydrogen (secondary N) is 1. The Labute approximate surface area is 145 Å². The first-order valence-electron chi connectivity index (χ1n) is 7.97. The SMILES string of the molecule is COc1ccccc1-c1nnc(C(=O)Nc2ccccc2C(C)C)o1. The number of aromatic nitrogens is 2. The topological polar surface area (TPSA) is 77.2 Å². The van der Waals surface area contributed by atoms with Gasteiger partial charge in [-0.1, -0.05) is 44.2 Å². The lowest BCUT2D eigenvalue weighted by molar-refractivity contribution is 0.0990. The molecule has 0 aliphatic rings. The fourth-order valence-electron chi connectivity index (χ4n) is 2.54. The van der Waals surface area contributed by atoms with Crippen molar-refractivity contribution in [3.63, 3.8) is 0 Å². The molecule has 25 heavy (non-hydrogen) atoms. The fraction of sp³-hybridized carbons (Fsp3) is 0.211. The summed E-state index contributed by atoms with van der Waals surface area (Å²) >= 11 is 0. The van der Waals surface area contributed by atoms with Gasteiger partial charge in [0.05, 0.1) is 12.7 Å². The quantitative estimate of drug-likeness (QED) is 0.758. The summed E-state index contributed by atoms with van der Waals surface area (Å²) in [6.07, 6.45) is 0. The van der Waals surface area contributed by atoms with Gasteiger partial charge in [0, 0.05) is 5.69 Å². The molecule has 0 radical (unpaired) electrons. The third kappa shape index (κ3) is 3.52. The van der Waals surface area contributed by atoms with Gasteiger partial charge in [0.15, 0.2) is 0 Å². The van der Waals surface area contributed by atoms with Gasteiger partial charge in [0.25, 0.3) is 5.89 Å². The van der Waals surface area contributed by atoms with Crippen LogP contribution < -0.4 is 10.1 Å². The van der Waals surface area contributed by atoms with Gasteiger partial charge in [-0.15, -0.1) is 10.2 Å². The van der Waals surface area contributed by atoms with Gasteiger partial charge in [0.1, 0.15) is 5.75 Å². The Balaban J connectivity index is 1.84. The van der Waals surface area contributed by atoms with Crippen molar-refractivity contribution >= 4 is 11.6 Å². The monoisotopic (exact) mass is 337 g/mol. The number of benzene rings is 2. The van der Waals surface area contributed by atoms with Crippen LogP contribution in [0, 0.1) is 0 Å². The van der Waals surface area contributed by atoms with Gasteiger partial charge < -0.3 is 14.5 Å². The highest BCUT2D eigenvalue weighted by atomic mass is 16.5. The molecule has 6 heteroatoms. The normalized spacial score (nSPS) is 10.7. The van der Waals surface area contributed by atoms with Crippen LogP contribution in [-0.4, -0.2) is 23.2 Å². The molecule has 6 nitrogen and oxygen atoms in total. The van der Waals surface area contributed by atoms with Crippen molar-refractivity contribution in [3.8, 4) is 17.2 Å². The number of methoxy groups -OCH3 is 1. The van der Waals surface area contributed by atoms with Crippen molar-refractivity contribution in [2.24, 2.45) is 0 Å². The molecule has 3 aromatic rings. The number of hydrogen-bond donors (Lipinski definition) is 1. The second kappa shape index (κ2) is 7.17. The number of ether oxygens (including phenoxy) is 1. The summed E-state index contributed by atoms with van der Waals surface area (Å²) in [7, 11) is 1.56. The van der Waals surface area contributed by atoms with Gasteiger partial charge in [-0.05, 0) is 29.7 Å². The second-order valence-electron chi connectivity index (χ2n) is 5.81. The Morgan fingerprint density at radius 1 is 1.08 bits per heavy atom. The summed E-state index contributed by atoms with van der Waals surface area (Å²) < 4.78 is 10.8. The van der Waals surface area contributed by atoms with Gasteiger partial charge in [-0.3, -0.25) is 4.79 Å². The van der Waals surface area contributed by atoms with E-state index in [-0.39, 0.29) is 17.7 Å². The Hall–Kier alpha value is -3.15. The maximum atomic E-state index is 12.4. The molecule has 1 aromatic heterocycles. The average molecular weight is 337 g/mol. The summed E-state index contributed by atoms with van der Waals surface area (Å²) in [5.41, 5.74) is 2.42. The third-order valence-corrected chi connectivity index (χ3v) is 3.79. The Bertz CT molecular complexity index is 887. The van der Waals surface area contributed by atoms with Crippen LogP contribution in [0.3, 0.4) is 0 Å². The number of rotatable bonds is 5. The highest BCUT2D eigenvalue weighted by Crippen LogP contribution is 2.29. The van der Waals surface area contributed by atoms with E-state index in [2.05, 4.69) is 29.4 Å². The molecule has 0 fully saturated rings. The molecule has 0 unspecified atom stereocenters. The molecular weight excluding hydrogens is 318 g/mol. The maximum absolute atomic E-state index is 12.4. The van der Waals surface area contributed by atoms with Gasteiger partial charge >= 0.3 is 11.8 Å². The summed E-state index contributed by atoms with van der Waals surface area (Å²) in [6.45, 7) is 4.13. The number of hydrogen-bond acceptors (Lipinski definition) is 5. The molecule has 1 N–H and O–H groups in total. The smallest absolute Gasteiger partial charge is 0.313 e. The van der Waals surface area contributed by atoms with Crippen LogP contribution >= 0.6 is 0 Å². The van der Waals surface area contributed by atoms with Gasteiger partial charge in [-0.25, -0.2) is 0 Å². The van der Waals surface area contributed by atoms with Crippen molar-refractivity contribution in [2.75, 3.05) is 12.4 Å². The minimum atomic E-state index is -0.443. The maximum Gasteiger partial charge on any atom is 0.313 e. The fourth-order valence-corrected chi connectivity index (χ4v) is 2.54. The molecular formula is C19H19N3O3. The van der Waals surface area contributed by atoms with Crippen LogP contribution in [-0.2, 0) is 0 Å². The molecule has 1 heterocycles. The Morgan fingerprint density at radius 3 is 2.56 bits per heavy atom. The number of nitrogens with zero attached hydrogens (tertiary/aromatic N) is 2. The van der Waals surface area contributed by atoms with E-state index in [0.29, 0.717) is 11.3 Å². The largest absolute Gasteiger partial charge is 0.496 e. The van der Waals surface area contributed by atoms with Crippen LogP contribution in [0.5, 0.6) is 5.75 Å². The Morgan fingerprint density at radius 2 is 1.80 bits per heavy atom. The van der Waals surface area contributed by atoms with Gasteiger partial charge in [-0.2, -0.15) is 0 Å². The van der Waals surface area contributed by atoms with E-state index >= 15 is 0 Å². The van der Waals surface area contributed by atoms with Crippen LogP contribution in [0.1, 0.15) is 36.0 Å². The van der Waals surface area contributed by atoms with E-state index in [4.69, 9.17) is 9.15 Å². The molecule has 2 aromatic carbocycles. The lowest BCUT2D eigenvalue weighted by Gasteiger charge is -2.12. The standard InChI is InChI=1S/C19H19N3O3/c1-12(2)13-8-4-6-10-15(13)20-17(23)19-22-21-18(25-19)14-9-5-7-11-16(14)24-3/h4-12H,1-3H3,(H,20,23). The van der Waals surface area contributed by atoms with E-state index in [0.717, 1.165) is 11.3 Å². The third-order valence-electron chi connectivity index (χ3n) is 3.79. The molecule has 0 aliphatic carbocycles. The lowest BCUT2D eigenvalue weighted by Crippen LogP contribution is -2.14. The molecule has 0 bridgehead atoms. The zero-order valence-electron chi connectivity index (χ0n) is 14.3. The summed E-state index contributed by atoms with van der Waals surface area (Å²) in [5, 5.41) is 10.6. The van der Waals surface area contributed by atoms with E-state index in [1.54, 1.807) is 19.2 Å². The number of amides is 1. The molecule has 1 amide bonds. The van der Waals surface area contributed by atoms with Crippen molar-refractivity contribution < 1.29 is 13.9 Å². The number of para-hydroxylation sites is 2. The zero-order chi connectivity index (χ0) is 17.8. The first-order valence-corrected chi connectivity index (χ1v) is 7.97. The lowest BCUT2D eigenvalue weighted by atomic mass is 10.0. The molecule has 128 valence electrons.